The lowest BCUT2D eigenvalue weighted by molar-refractivity contribution is 0.112. The highest BCUT2D eigenvalue weighted by Crippen LogP contribution is 2.21. The molecule has 0 atom stereocenters. The molecule has 1 aromatic carbocycles. The molecule has 4 nitrogen and oxygen atoms in total. The third-order valence-electron chi connectivity index (χ3n) is 1.56. The molecule has 0 heterocycles. The maximum atomic E-state index is 10.5. The van der Waals surface area contributed by atoms with Crippen LogP contribution in [-0.2, 0) is 0 Å². The topological polar surface area (TPSA) is 55.8 Å². The van der Waals surface area contributed by atoms with Crippen LogP contribution in [-0.4, -0.2) is 26.1 Å². The molecule has 0 aliphatic heterocycles. The lowest BCUT2D eigenvalue weighted by Gasteiger charge is -2.06. The third kappa shape index (κ3) is 2.22. The van der Waals surface area contributed by atoms with Gasteiger partial charge in [0, 0.05) is 0 Å². The highest BCUT2D eigenvalue weighted by molar-refractivity contribution is 6.17. The van der Waals surface area contributed by atoms with Crippen LogP contribution in [0.4, 0.5) is 0 Å². The molecule has 0 aliphatic rings. The van der Waals surface area contributed by atoms with Crippen molar-refractivity contribution < 1.29 is 19.2 Å². The molecule has 5 heteroatoms. The molecule has 0 saturated carbocycles. The first-order valence-electron chi connectivity index (χ1n) is 3.68. The first-order valence-corrected chi connectivity index (χ1v) is 3.68. The normalized spacial score (nSPS) is 9.08. The molecule has 13 heavy (non-hydrogen) atoms. The van der Waals surface area contributed by atoms with Crippen LogP contribution < -0.4 is 9.39 Å². The summed E-state index contributed by atoms with van der Waals surface area (Å²) in [6.45, 7) is 0. The summed E-state index contributed by atoms with van der Waals surface area (Å²) in [4.78, 5) is 10.5. The van der Waals surface area contributed by atoms with E-state index in [-0.39, 0.29) is 0 Å². The molecule has 0 aliphatic carbocycles. The van der Waals surface area contributed by atoms with Crippen LogP contribution in [0.25, 0.3) is 0 Å². The van der Waals surface area contributed by atoms with E-state index in [1.165, 1.54) is 13.2 Å². The average Bonchev–Trinajstić information content (AvgIpc) is 2.18. The molecule has 0 fully saturated rings. The quantitative estimate of drug-likeness (QED) is 0.529. The smallest absolute Gasteiger partial charge is 0.504 e. The van der Waals surface area contributed by atoms with E-state index in [9.17, 15) is 4.79 Å². The minimum atomic E-state index is -0.412. The highest BCUT2D eigenvalue weighted by Gasteiger charge is 2.03. The van der Waals surface area contributed by atoms with Gasteiger partial charge in [0.15, 0.2) is 6.29 Å². The molecule has 0 aromatic heterocycles. The maximum absolute atomic E-state index is 10.5. The number of hydrogen-bond donors (Lipinski definition) is 1. The molecule has 0 unspecified atom stereocenters. The second kappa shape index (κ2) is 4.52. The highest BCUT2D eigenvalue weighted by atomic mass is 16.5. The summed E-state index contributed by atoms with van der Waals surface area (Å²) < 4.78 is 9.71. The van der Waals surface area contributed by atoms with Crippen LogP contribution in [0.5, 0.6) is 11.5 Å². The summed E-state index contributed by atoms with van der Waals surface area (Å²) in [6.07, 6.45) is 0.670. The van der Waals surface area contributed by atoms with Gasteiger partial charge in [0.2, 0.25) is 0 Å². The molecule has 1 aromatic rings. The summed E-state index contributed by atoms with van der Waals surface area (Å²) in [5.41, 5.74) is 0.397. The van der Waals surface area contributed by atoms with E-state index in [1.54, 1.807) is 12.1 Å². The van der Waals surface area contributed by atoms with Crippen LogP contribution >= 0.6 is 0 Å². The van der Waals surface area contributed by atoms with Gasteiger partial charge in [0.25, 0.3) is 0 Å². The number of benzene rings is 1. The van der Waals surface area contributed by atoms with E-state index in [0.29, 0.717) is 23.3 Å². The average molecular weight is 180 g/mol. The van der Waals surface area contributed by atoms with Crippen LogP contribution in [0.3, 0.4) is 0 Å². The fraction of sp³-hybridized carbons (Fsp3) is 0.125. The molecule has 0 saturated heterocycles. The van der Waals surface area contributed by atoms with Gasteiger partial charge in [0.05, 0.1) is 12.7 Å². The number of carbonyl (C=O) groups excluding carboxylic acids is 1. The number of ether oxygens (including phenoxy) is 1. The second-order valence-corrected chi connectivity index (χ2v) is 2.30. The van der Waals surface area contributed by atoms with Gasteiger partial charge in [-0.1, -0.05) is 0 Å². The van der Waals surface area contributed by atoms with Crippen molar-refractivity contribution in [1.82, 2.24) is 0 Å². The largest absolute Gasteiger partial charge is 0.539 e. The van der Waals surface area contributed by atoms with Crippen molar-refractivity contribution in [3.63, 3.8) is 0 Å². The zero-order valence-electron chi connectivity index (χ0n) is 7.19. The molecular weight excluding hydrogens is 171 g/mol. The number of methoxy groups -OCH3 is 1. The van der Waals surface area contributed by atoms with Crippen LogP contribution in [0, 0.1) is 0 Å². The zero-order valence-corrected chi connectivity index (χ0v) is 7.19. The maximum Gasteiger partial charge on any atom is 0.504 e. The summed E-state index contributed by atoms with van der Waals surface area (Å²) >= 11 is 0. The van der Waals surface area contributed by atoms with Crippen molar-refractivity contribution in [2.45, 2.75) is 0 Å². The molecule has 68 valence electrons. The molecule has 0 bridgehead atoms. The van der Waals surface area contributed by atoms with E-state index in [4.69, 9.17) is 14.4 Å². The predicted octanol–water partition coefficient (Wildman–Crippen LogP) is 0.145. The van der Waals surface area contributed by atoms with Gasteiger partial charge in [-0.25, -0.2) is 0 Å². The van der Waals surface area contributed by atoms with Crippen LogP contribution in [0.2, 0.25) is 0 Å². The Balaban J connectivity index is 2.98. The number of hydrogen-bond acceptors (Lipinski definition) is 4. The number of carbonyl (C=O) groups is 1. The van der Waals surface area contributed by atoms with Crippen LogP contribution in [0.1, 0.15) is 10.4 Å². The molecule has 0 amide bonds. The second-order valence-electron chi connectivity index (χ2n) is 2.30. The summed E-state index contributed by atoms with van der Waals surface area (Å²) in [6, 6.07) is 4.72. The van der Waals surface area contributed by atoms with Gasteiger partial charge < -0.3 is 14.4 Å². The van der Waals surface area contributed by atoms with Crippen molar-refractivity contribution in [3.05, 3.63) is 23.8 Å². The van der Waals surface area contributed by atoms with E-state index in [2.05, 4.69) is 0 Å². The Morgan fingerprint density at radius 1 is 1.54 bits per heavy atom. The van der Waals surface area contributed by atoms with Gasteiger partial charge in [-0.2, -0.15) is 0 Å². The van der Waals surface area contributed by atoms with Gasteiger partial charge in [-0.15, -0.1) is 0 Å². The Morgan fingerprint density at radius 2 is 2.31 bits per heavy atom. The first kappa shape index (κ1) is 9.60. The Labute approximate surface area is 76.4 Å². The van der Waals surface area contributed by atoms with Crippen molar-refractivity contribution >= 4 is 14.0 Å². The molecule has 1 rings (SSSR count). The molecular formula is C8H9BO4. The first-order chi connectivity index (χ1) is 6.31. The van der Waals surface area contributed by atoms with Gasteiger partial charge in [0.1, 0.15) is 11.5 Å². The molecule has 1 N–H and O–H groups in total. The van der Waals surface area contributed by atoms with Crippen molar-refractivity contribution in [1.29, 1.82) is 0 Å². The monoisotopic (exact) mass is 180 g/mol. The van der Waals surface area contributed by atoms with Crippen molar-refractivity contribution in [2.75, 3.05) is 7.11 Å². The van der Waals surface area contributed by atoms with E-state index in [0.717, 1.165) is 0 Å². The van der Waals surface area contributed by atoms with Gasteiger partial charge in [-0.05, 0) is 18.2 Å². The third-order valence-corrected chi connectivity index (χ3v) is 1.56. The van der Waals surface area contributed by atoms with Crippen molar-refractivity contribution in [3.8, 4) is 11.5 Å². The van der Waals surface area contributed by atoms with Crippen LogP contribution in [0.15, 0.2) is 18.2 Å². The minimum absolute atomic E-state index is 0.397. The summed E-state index contributed by atoms with van der Waals surface area (Å²) in [7, 11) is 1.07. The Kier molecular flexibility index (Phi) is 3.34. The lowest BCUT2D eigenvalue weighted by atomic mass is 10.2. The Bertz CT molecular complexity index is 300. The molecule has 0 spiro atoms. The fourth-order valence-electron chi connectivity index (χ4n) is 0.969. The Hall–Kier alpha value is -1.49. The Morgan fingerprint density at radius 3 is 2.85 bits per heavy atom. The van der Waals surface area contributed by atoms with Gasteiger partial charge in [-0.3, -0.25) is 4.79 Å². The number of aldehydes is 1. The zero-order chi connectivity index (χ0) is 9.68. The van der Waals surface area contributed by atoms with Crippen molar-refractivity contribution in [2.24, 2.45) is 0 Å². The SMILES string of the molecule is COc1ccc(OBO)cc1C=O. The van der Waals surface area contributed by atoms with E-state index >= 15 is 0 Å². The minimum Gasteiger partial charge on any atom is -0.539 e. The lowest BCUT2D eigenvalue weighted by Crippen LogP contribution is -2.00. The number of rotatable bonds is 4. The predicted molar refractivity (Wildman–Crippen MR) is 48.4 cm³/mol. The van der Waals surface area contributed by atoms with Gasteiger partial charge >= 0.3 is 7.69 Å². The standard InChI is InChI=1S/C8H9BO4/c1-12-8-3-2-7(13-9-11)4-6(8)5-10/h2-5,9,11H,1H3. The van der Waals surface area contributed by atoms with E-state index < -0.39 is 7.69 Å². The van der Waals surface area contributed by atoms with E-state index in [1.807, 2.05) is 0 Å². The summed E-state index contributed by atoms with van der Waals surface area (Å²) in [5, 5.41) is 8.47. The summed E-state index contributed by atoms with van der Waals surface area (Å²) in [5.74, 6) is 0.922. The molecule has 0 radical (unpaired) electrons. The fourth-order valence-corrected chi connectivity index (χ4v) is 0.969.